The lowest BCUT2D eigenvalue weighted by Crippen LogP contribution is -2.37. The van der Waals surface area contributed by atoms with Crippen molar-refractivity contribution in [3.05, 3.63) is 29.2 Å². The number of hydrogen-bond donors (Lipinski definition) is 2. The summed E-state index contributed by atoms with van der Waals surface area (Å²) < 4.78 is 55.4. The van der Waals surface area contributed by atoms with Gasteiger partial charge in [0.05, 0.1) is 6.61 Å². The van der Waals surface area contributed by atoms with Gasteiger partial charge in [0.15, 0.2) is 11.6 Å². The molecule has 0 aliphatic carbocycles. The van der Waals surface area contributed by atoms with E-state index >= 15 is 0 Å². The van der Waals surface area contributed by atoms with Crippen LogP contribution in [-0.2, 0) is 17.6 Å². The van der Waals surface area contributed by atoms with E-state index in [1.165, 1.54) is 6.07 Å². The van der Waals surface area contributed by atoms with Gasteiger partial charge in [-0.2, -0.15) is 13.2 Å². The first-order chi connectivity index (χ1) is 10.4. The summed E-state index contributed by atoms with van der Waals surface area (Å²) in [6.45, 7) is 0.221. The van der Waals surface area contributed by atoms with E-state index < -0.39 is 17.9 Å². The van der Waals surface area contributed by atoms with Gasteiger partial charge in [0, 0.05) is 41.7 Å². The number of rotatable bonds is 3. The Hall–Kier alpha value is -2.25. The van der Waals surface area contributed by atoms with E-state index in [-0.39, 0.29) is 18.7 Å². The molecule has 1 amide bonds. The quantitative estimate of drug-likeness (QED) is 0.855. The van der Waals surface area contributed by atoms with Crippen LogP contribution in [-0.4, -0.2) is 30.2 Å². The van der Waals surface area contributed by atoms with E-state index in [9.17, 15) is 22.4 Å². The maximum absolute atomic E-state index is 13.8. The van der Waals surface area contributed by atoms with Crippen molar-refractivity contribution in [1.29, 1.82) is 0 Å². The predicted molar refractivity (Wildman–Crippen MR) is 70.2 cm³/mol. The van der Waals surface area contributed by atoms with Crippen molar-refractivity contribution >= 4 is 16.8 Å². The number of amides is 1. The standard InChI is InChI=1S/C14H12F4N2O2/c15-9-5-10-11(8-2-4-22-12(8)9)7(6-20-10)1-3-19-13(21)14(16,17)18/h5-6,20H,1-4H2,(H,19,21). The fraction of sp³-hybridized carbons (Fsp3) is 0.357. The third kappa shape index (κ3) is 2.49. The van der Waals surface area contributed by atoms with Crippen LogP contribution < -0.4 is 10.1 Å². The van der Waals surface area contributed by atoms with E-state index in [0.717, 1.165) is 10.9 Å². The molecule has 1 aliphatic heterocycles. The molecule has 0 unspecified atom stereocenters. The lowest BCUT2D eigenvalue weighted by Gasteiger charge is -2.08. The van der Waals surface area contributed by atoms with Gasteiger partial charge in [0.2, 0.25) is 0 Å². The highest BCUT2D eigenvalue weighted by Crippen LogP contribution is 2.36. The summed E-state index contributed by atoms with van der Waals surface area (Å²) in [6, 6.07) is 1.30. The first-order valence-electron chi connectivity index (χ1n) is 6.67. The van der Waals surface area contributed by atoms with Crippen molar-refractivity contribution in [1.82, 2.24) is 10.3 Å². The van der Waals surface area contributed by atoms with E-state index in [4.69, 9.17) is 4.74 Å². The molecule has 0 saturated heterocycles. The van der Waals surface area contributed by atoms with Crippen LogP contribution in [0.5, 0.6) is 5.75 Å². The fourth-order valence-electron chi connectivity index (χ4n) is 2.66. The Labute approximate surface area is 122 Å². The molecule has 0 radical (unpaired) electrons. The zero-order valence-corrected chi connectivity index (χ0v) is 11.3. The Morgan fingerprint density at radius 2 is 2.18 bits per heavy atom. The molecule has 0 saturated carbocycles. The smallest absolute Gasteiger partial charge is 0.471 e. The number of benzene rings is 1. The van der Waals surface area contributed by atoms with Crippen molar-refractivity contribution in [2.75, 3.05) is 13.2 Å². The number of alkyl halides is 3. The monoisotopic (exact) mass is 316 g/mol. The number of aromatic amines is 1. The summed E-state index contributed by atoms with van der Waals surface area (Å²) in [5, 5.41) is 2.58. The second-order valence-corrected chi connectivity index (χ2v) is 5.00. The van der Waals surface area contributed by atoms with E-state index in [1.807, 2.05) is 5.32 Å². The molecule has 1 aliphatic rings. The molecular weight excluding hydrogens is 304 g/mol. The van der Waals surface area contributed by atoms with Gasteiger partial charge < -0.3 is 15.0 Å². The lowest BCUT2D eigenvalue weighted by atomic mass is 10.0. The number of ether oxygens (including phenoxy) is 1. The van der Waals surface area contributed by atoms with Crippen molar-refractivity contribution in [3.8, 4) is 5.75 Å². The summed E-state index contributed by atoms with van der Waals surface area (Å²) in [6.07, 6.45) is -2.52. The molecule has 8 heteroatoms. The van der Waals surface area contributed by atoms with Crippen molar-refractivity contribution in [2.24, 2.45) is 0 Å². The second kappa shape index (κ2) is 5.19. The maximum atomic E-state index is 13.8. The Bertz CT molecular complexity index is 736. The highest BCUT2D eigenvalue weighted by molar-refractivity contribution is 5.89. The normalized spacial score (nSPS) is 14.0. The van der Waals surface area contributed by atoms with Crippen molar-refractivity contribution < 1.29 is 27.1 Å². The highest BCUT2D eigenvalue weighted by Gasteiger charge is 2.38. The summed E-state index contributed by atoms with van der Waals surface area (Å²) in [5.41, 5.74) is 2.01. The fourth-order valence-corrected chi connectivity index (χ4v) is 2.66. The van der Waals surface area contributed by atoms with E-state index in [0.29, 0.717) is 24.1 Å². The van der Waals surface area contributed by atoms with Crippen LogP contribution in [0.4, 0.5) is 17.6 Å². The van der Waals surface area contributed by atoms with Crippen molar-refractivity contribution in [3.63, 3.8) is 0 Å². The third-order valence-corrected chi connectivity index (χ3v) is 3.59. The number of nitrogens with one attached hydrogen (secondary N) is 2. The number of fused-ring (bicyclic) bond motifs is 3. The minimum atomic E-state index is -4.89. The molecular formula is C14H12F4N2O2. The van der Waals surface area contributed by atoms with Gasteiger partial charge in [-0.25, -0.2) is 4.39 Å². The van der Waals surface area contributed by atoms with Gasteiger partial charge in [0.25, 0.3) is 0 Å². The Morgan fingerprint density at radius 3 is 2.91 bits per heavy atom. The number of H-pyrrole nitrogens is 1. The van der Waals surface area contributed by atoms with E-state index in [1.54, 1.807) is 6.20 Å². The van der Waals surface area contributed by atoms with Crippen LogP contribution in [0.15, 0.2) is 12.3 Å². The van der Waals surface area contributed by atoms with Crippen LogP contribution in [0, 0.1) is 5.82 Å². The lowest BCUT2D eigenvalue weighted by molar-refractivity contribution is -0.173. The van der Waals surface area contributed by atoms with Crippen molar-refractivity contribution in [2.45, 2.75) is 19.0 Å². The zero-order valence-electron chi connectivity index (χ0n) is 11.3. The molecule has 0 fully saturated rings. The summed E-state index contributed by atoms with van der Waals surface area (Å²) in [7, 11) is 0. The number of carbonyl (C=O) groups is 1. The molecule has 3 rings (SSSR count). The van der Waals surface area contributed by atoms with Crippen LogP contribution >= 0.6 is 0 Å². The summed E-state index contributed by atoms with van der Waals surface area (Å²) in [5.74, 6) is -2.22. The Morgan fingerprint density at radius 1 is 1.41 bits per heavy atom. The number of aromatic nitrogens is 1. The average Bonchev–Trinajstić information content (AvgIpc) is 3.04. The molecule has 22 heavy (non-hydrogen) atoms. The topological polar surface area (TPSA) is 54.1 Å². The van der Waals surface area contributed by atoms with Gasteiger partial charge >= 0.3 is 12.1 Å². The third-order valence-electron chi connectivity index (χ3n) is 3.59. The second-order valence-electron chi connectivity index (χ2n) is 5.00. The predicted octanol–water partition coefficient (Wildman–Crippen LogP) is 2.46. The molecule has 1 aromatic carbocycles. The minimum absolute atomic E-state index is 0.154. The molecule has 118 valence electrons. The largest absolute Gasteiger partial charge is 0.490 e. The van der Waals surface area contributed by atoms with Gasteiger partial charge in [-0.1, -0.05) is 0 Å². The Kier molecular flexibility index (Phi) is 3.46. The van der Waals surface area contributed by atoms with Gasteiger partial charge in [-0.05, 0) is 12.0 Å². The molecule has 1 aromatic heterocycles. The molecule has 2 heterocycles. The first kappa shape index (κ1) is 14.7. The SMILES string of the molecule is O=C(NCCc1c[nH]c2cc(F)c3c(c12)CCO3)C(F)(F)F. The van der Waals surface area contributed by atoms with Gasteiger partial charge in [0.1, 0.15) is 0 Å². The van der Waals surface area contributed by atoms with E-state index in [2.05, 4.69) is 4.98 Å². The van der Waals surface area contributed by atoms with Crippen LogP contribution in [0.2, 0.25) is 0 Å². The molecule has 0 atom stereocenters. The van der Waals surface area contributed by atoms with Crippen LogP contribution in [0.1, 0.15) is 11.1 Å². The maximum Gasteiger partial charge on any atom is 0.471 e. The molecule has 0 bridgehead atoms. The molecule has 0 spiro atoms. The zero-order chi connectivity index (χ0) is 15.9. The number of halogens is 4. The van der Waals surface area contributed by atoms with Crippen LogP contribution in [0.3, 0.4) is 0 Å². The highest BCUT2D eigenvalue weighted by atomic mass is 19.4. The number of hydrogen-bond acceptors (Lipinski definition) is 2. The average molecular weight is 316 g/mol. The molecule has 2 N–H and O–H groups in total. The number of carbonyl (C=O) groups excluding carboxylic acids is 1. The molecule has 2 aromatic rings. The van der Waals surface area contributed by atoms with Crippen LogP contribution in [0.25, 0.3) is 10.9 Å². The molecule has 4 nitrogen and oxygen atoms in total. The van der Waals surface area contributed by atoms with Gasteiger partial charge in [-0.3, -0.25) is 4.79 Å². The minimum Gasteiger partial charge on any atom is -0.490 e. The first-order valence-corrected chi connectivity index (χ1v) is 6.67. The summed E-state index contributed by atoms with van der Waals surface area (Å²) in [4.78, 5) is 13.7. The summed E-state index contributed by atoms with van der Waals surface area (Å²) >= 11 is 0. The Balaban J connectivity index is 1.81. The van der Waals surface area contributed by atoms with Gasteiger partial charge in [-0.15, -0.1) is 0 Å².